The summed E-state index contributed by atoms with van der Waals surface area (Å²) in [6.45, 7) is 9.26. The van der Waals surface area contributed by atoms with Crippen molar-refractivity contribution < 1.29 is 0 Å². The third kappa shape index (κ3) is 2.39. The molecule has 1 aromatic heterocycles. The molecule has 1 nitrogen and oxygen atoms in total. The molecular weight excluding hydrogens is 182 g/mol. The lowest BCUT2D eigenvalue weighted by atomic mass is 9.68. The zero-order chi connectivity index (χ0) is 11.3. The van der Waals surface area contributed by atoms with E-state index < -0.39 is 0 Å². The van der Waals surface area contributed by atoms with Gasteiger partial charge in [0.15, 0.2) is 0 Å². The number of hydrogen-bond acceptors (Lipinski definition) is 1. The van der Waals surface area contributed by atoms with Crippen LogP contribution < -0.4 is 0 Å². The van der Waals surface area contributed by atoms with E-state index in [1.165, 1.54) is 24.8 Å². The van der Waals surface area contributed by atoms with Crippen molar-refractivity contribution >= 4 is 0 Å². The van der Waals surface area contributed by atoms with E-state index in [0.29, 0.717) is 11.3 Å². The Morgan fingerprint density at radius 3 is 2.20 bits per heavy atom. The number of nitrogens with zero attached hydrogens (tertiary/aromatic N) is 1. The van der Waals surface area contributed by atoms with Crippen LogP contribution in [0.25, 0.3) is 0 Å². The van der Waals surface area contributed by atoms with Gasteiger partial charge in [-0.05, 0) is 42.2 Å². The average molecular weight is 205 g/mol. The summed E-state index contributed by atoms with van der Waals surface area (Å²) in [5.41, 5.74) is 1.83. The molecule has 1 atom stereocenters. The van der Waals surface area contributed by atoms with Crippen LogP contribution in [0.4, 0.5) is 0 Å². The highest BCUT2D eigenvalue weighted by Crippen LogP contribution is 2.43. The first-order chi connectivity index (χ1) is 7.20. The van der Waals surface area contributed by atoms with Gasteiger partial charge in [0, 0.05) is 12.4 Å². The summed E-state index contributed by atoms with van der Waals surface area (Å²) in [6, 6.07) is 4.24. The number of rotatable bonds is 5. The first kappa shape index (κ1) is 12.2. The van der Waals surface area contributed by atoms with Crippen LogP contribution in [0.1, 0.15) is 58.4 Å². The summed E-state index contributed by atoms with van der Waals surface area (Å²) in [6.07, 6.45) is 7.60. The molecule has 0 aliphatic heterocycles. The fraction of sp³-hybridized carbons (Fsp3) is 0.643. The predicted molar refractivity (Wildman–Crippen MR) is 66.0 cm³/mol. The molecule has 84 valence electrons. The lowest BCUT2D eigenvalue weighted by Crippen LogP contribution is -2.25. The Labute approximate surface area is 93.9 Å². The van der Waals surface area contributed by atoms with Crippen molar-refractivity contribution in [1.29, 1.82) is 0 Å². The number of aromatic nitrogens is 1. The molecule has 0 bridgehead atoms. The third-order valence-electron chi connectivity index (χ3n) is 4.22. The summed E-state index contributed by atoms with van der Waals surface area (Å²) in [4.78, 5) is 4.22. The maximum atomic E-state index is 4.22. The summed E-state index contributed by atoms with van der Waals surface area (Å²) < 4.78 is 0. The van der Waals surface area contributed by atoms with Crippen molar-refractivity contribution in [3.63, 3.8) is 0 Å². The van der Waals surface area contributed by atoms with Crippen LogP contribution in [0, 0.1) is 5.41 Å². The second-order valence-electron chi connectivity index (χ2n) is 4.43. The van der Waals surface area contributed by atoms with Crippen LogP contribution >= 0.6 is 0 Å². The zero-order valence-corrected chi connectivity index (χ0v) is 10.5. The molecule has 15 heavy (non-hydrogen) atoms. The van der Waals surface area contributed by atoms with Gasteiger partial charge < -0.3 is 0 Å². The topological polar surface area (TPSA) is 12.9 Å². The van der Waals surface area contributed by atoms with Gasteiger partial charge in [-0.25, -0.2) is 0 Å². The molecule has 1 rings (SSSR count). The normalized spacial score (nSPS) is 13.9. The maximum Gasteiger partial charge on any atom is 0.0302 e. The molecule has 0 aliphatic rings. The van der Waals surface area contributed by atoms with Gasteiger partial charge in [0.2, 0.25) is 0 Å². The summed E-state index contributed by atoms with van der Waals surface area (Å²) in [5.74, 6) is 0.603. The molecule has 0 aromatic carbocycles. The van der Waals surface area contributed by atoms with Crippen molar-refractivity contribution in [2.45, 2.75) is 52.9 Å². The Hall–Kier alpha value is -0.850. The van der Waals surface area contributed by atoms with Gasteiger partial charge in [-0.15, -0.1) is 0 Å². The highest BCUT2D eigenvalue weighted by Gasteiger charge is 2.31. The molecule has 0 saturated heterocycles. The van der Waals surface area contributed by atoms with E-state index in [4.69, 9.17) is 0 Å². The fourth-order valence-corrected chi connectivity index (χ4v) is 2.65. The molecule has 1 unspecified atom stereocenters. The smallest absolute Gasteiger partial charge is 0.0302 e. The Morgan fingerprint density at radius 2 is 1.80 bits per heavy atom. The SMILES string of the molecule is CCC(CC)(CC)C(C)c1cccnc1. The van der Waals surface area contributed by atoms with Crippen LogP contribution in [0.5, 0.6) is 0 Å². The monoisotopic (exact) mass is 205 g/mol. The predicted octanol–water partition coefficient (Wildman–Crippen LogP) is 4.40. The highest BCUT2D eigenvalue weighted by atomic mass is 14.6. The minimum atomic E-state index is 0.447. The maximum absolute atomic E-state index is 4.22. The number of pyridine rings is 1. The van der Waals surface area contributed by atoms with E-state index in [0.717, 1.165) is 0 Å². The molecule has 0 N–H and O–H groups in total. The zero-order valence-electron chi connectivity index (χ0n) is 10.5. The van der Waals surface area contributed by atoms with Gasteiger partial charge in [-0.2, -0.15) is 0 Å². The summed E-state index contributed by atoms with van der Waals surface area (Å²) in [7, 11) is 0. The standard InChI is InChI=1S/C14H23N/c1-5-14(6-2,7-3)12(4)13-9-8-10-15-11-13/h8-12H,5-7H2,1-4H3. The van der Waals surface area contributed by atoms with Gasteiger partial charge in [0.25, 0.3) is 0 Å². The van der Waals surface area contributed by atoms with Gasteiger partial charge >= 0.3 is 0 Å². The van der Waals surface area contributed by atoms with E-state index in [-0.39, 0.29) is 0 Å². The van der Waals surface area contributed by atoms with E-state index >= 15 is 0 Å². The molecule has 0 fully saturated rings. The second kappa shape index (κ2) is 5.29. The molecule has 0 amide bonds. The molecule has 1 heterocycles. The molecule has 0 aliphatic carbocycles. The van der Waals surface area contributed by atoms with Crippen molar-refractivity contribution in [2.24, 2.45) is 5.41 Å². The van der Waals surface area contributed by atoms with Crippen molar-refractivity contribution in [1.82, 2.24) is 4.98 Å². The largest absolute Gasteiger partial charge is 0.264 e. The van der Waals surface area contributed by atoms with E-state index in [1.807, 2.05) is 18.5 Å². The van der Waals surface area contributed by atoms with Crippen molar-refractivity contribution in [3.05, 3.63) is 30.1 Å². The summed E-state index contributed by atoms with van der Waals surface area (Å²) in [5, 5.41) is 0. The van der Waals surface area contributed by atoms with E-state index in [9.17, 15) is 0 Å². The van der Waals surface area contributed by atoms with Crippen molar-refractivity contribution in [3.8, 4) is 0 Å². The minimum Gasteiger partial charge on any atom is -0.264 e. The summed E-state index contributed by atoms with van der Waals surface area (Å²) >= 11 is 0. The molecule has 0 saturated carbocycles. The Bertz CT molecular complexity index is 266. The van der Waals surface area contributed by atoms with Gasteiger partial charge in [0.05, 0.1) is 0 Å². The molecular formula is C14H23N. The van der Waals surface area contributed by atoms with Crippen LogP contribution in [0.15, 0.2) is 24.5 Å². The van der Waals surface area contributed by atoms with Crippen LogP contribution in [-0.4, -0.2) is 4.98 Å². The first-order valence-corrected chi connectivity index (χ1v) is 6.10. The molecule has 1 aromatic rings. The first-order valence-electron chi connectivity index (χ1n) is 6.10. The fourth-order valence-electron chi connectivity index (χ4n) is 2.65. The van der Waals surface area contributed by atoms with Gasteiger partial charge in [-0.1, -0.05) is 33.8 Å². The van der Waals surface area contributed by atoms with Crippen LogP contribution in [0.3, 0.4) is 0 Å². The third-order valence-corrected chi connectivity index (χ3v) is 4.22. The van der Waals surface area contributed by atoms with Gasteiger partial charge in [-0.3, -0.25) is 4.98 Å². The minimum absolute atomic E-state index is 0.447. The second-order valence-corrected chi connectivity index (χ2v) is 4.43. The van der Waals surface area contributed by atoms with E-state index in [2.05, 4.69) is 38.7 Å². The quantitative estimate of drug-likeness (QED) is 0.694. The Balaban J connectivity index is 2.95. The molecule has 1 heteroatoms. The Kier molecular flexibility index (Phi) is 4.31. The average Bonchev–Trinajstić information content (AvgIpc) is 2.33. The van der Waals surface area contributed by atoms with E-state index in [1.54, 1.807) is 0 Å². The highest BCUT2D eigenvalue weighted by molar-refractivity contribution is 5.17. The van der Waals surface area contributed by atoms with Crippen LogP contribution in [-0.2, 0) is 0 Å². The lowest BCUT2D eigenvalue weighted by Gasteiger charge is -2.37. The van der Waals surface area contributed by atoms with Gasteiger partial charge in [0.1, 0.15) is 0 Å². The molecule has 0 radical (unpaired) electrons. The molecule has 0 spiro atoms. The lowest BCUT2D eigenvalue weighted by molar-refractivity contribution is 0.202. The van der Waals surface area contributed by atoms with Crippen LogP contribution in [0.2, 0.25) is 0 Å². The Morgan fingerprint density at radius 1 is 1.20 bits per heavy atom. The number of hydrogen-bond donors (Lipinski definition) is 0. The van der Waals surface area contributed by atoms with Crippen molar-refractivity contribution in [2.75, 3.05) is 0 Å².